The van der Waals surface area contributed by atoms with E-state index in [4.69, 9.17) is 16.3 Å². The van der Waals surface area contributed by atoms with Crippen LogP contribution in [0.4, 0.5) is 21.5 Å². The van der Waals surface area contributed by atoms with Crippen LogP contribution in [0.25, 0.3) is 0 Å². The number of hydrogen-bond acceptors (Lipinski definition) is 6. The van der Waals surface area contributed by atoms with Gasteiger partial charge in [-0.15, -0.1) is 0 Å². The van der Waals surface area contributed by atoms with Crippen molar-refractivity contribution in [3.63, 3.8) is 0 Å². The van der Waals surface area contributed by atoms with Gasteiger partial charge in [0.25, 0.3) is 0 Å². The van der Waals surface area contributed by atoms with Crippen molar-refractivity contribution in [1.29, 1.82) is 0 Å². The lowest BCUT2D eigenvalue weighted by Crippen LogP contribution is -2.34. The number of para-hydroxylation sites is 2. The van der Waals surface area contributed by atoms with E-state index in [1.54, 1.807) is 18.2 Å². The molecular weight excluding hydrogens is 381 g/mol. The number of nitrogens with one attached hydrogen (secondary N) is 1. The molecule has 0 aromatic heterocycles. The third-order valence-corrected chi connectivity index (χ3v) is 6.13. The lowest BCUT2D eigenvalue weighted by molar-refractivity contribution is 0.145. The van der Waals surface area contributed by atoms with Crippen molar-refractivity contribution < 1.29 is 18.2 Å². The fraction of sp³-hybridized carbons (Fsp3) is 0.294. The zero-order valence-electron chi connectivity index (χ0n) is 14.2. The molecule has 1 heterocycles. The molecular formula is C17H21ClFN3O3S. The zero-order valence-corrected chi connectivity index (χ0v) is 15.8. The Morgan fingerprint density at radius 1 is 1.12 bits per heavy atom. The molecule has 0 bridgehead atoms. The van der Waals surface area contributed by atoms with Gasteiger partial charge in [-0.25, -0.2) is 13.0 Å². The number of fused-ring (bicyclic) bond motifs is 1. The third kappa shape index (κ3) is 3.62. The minimum atomic E-state index is -3.40. The van der Waals surface area contributed by atoms with Crippen molar-refractivity contribution in [2.75, 3.05) is 42.0 Å². The molecule has 9 heteroatoms. The molecule has 0 aliphatic carbocycles. The van der Waals surface area contributed by atoms with Crippen molar-refractivity contribution in [2.24, 2.45) is 0 Å². The van der Waals surface area contributed by atoms with Crippen LogP contribution < -0.4 is 13.9 Å². The molecule has 0 fully saturated rings. The molecule has 0 saturated carbocycles. The predicted molar refractivity (Wildman–Crippen MR) is 105 cm³/mol. The van der Waals surface area contributed by atoms with Crippen LogP contribution in [0, 0.1) is 5.82 Å². The first-order valence-corrected chi connectivity index (χ1v) is 9.93. The van der Waals surface area contributed by atoms with Crippen LogP contribution in [0.3, 0.4) is 0 Å². The number of halogens is 2. The highest BCUT2D eigenvalue weighted by atomic mass is 35.5. The number of rotatable bonds is 7. The molecule has 0 spiro atoms. The van der Waals surface area contributed by atoms with E-state index in [0.29, 0.717) is 43.4 Å². The second-order valence-electron chi connectivity index (χ2n) is 5.69. The van der Waals surface area contributed by atoms with Gasteiger partial charge in [0.1, 0.15) is 5.82 Å². The second kappa shape index (κ2) is 7.99. The quantitative estimate of drug-likeness (QED) is 0.602. The molecule has 26 heavy (non-hydrogen) atoms. The largest absolute Gasteiger partial charge is 0.378 e. The van der Waals surface area contributed by atoms with Crippen molar-refractivity contribution in [2.45, 2.75) is 0 Å². The van der Waals surface area contributed by atoms with E-state index in [2.05, 4.69) is 5.32 Å². The topological polar surface area (TPSA) is 68.2 Å². The SMILES string of the molecule is CNCCOCCN1c2ccccc2N(c2ccc(F)cc2Cl)S1(O)O. The van der Waals surface area contributed by atoms with Gasteiger partial charge in [0.05, 0.1) is 41.8 Å². The molecule has 3 rings (SSSR count). The van der Waals surface area contributed by atoms with E-state index in [0.717, 1.165) is 6.07 Å². The van der Waals surface area contributed by atoms with Gasteiger partial charge in [-0.05, 0) is 48.3 Å². The van der Waals surface area contributed by atoms with Crippen molar-refractivity contribution in [1.82, 2.24) is 5.32 Å². The molecule has 142 valence electrons. The van der Waals surface area contributed by atoms with Gasteiger partial charge in [-0.1, -0.05) is 23.7 Å². The standard InChI is InChI=1S/C17H21ClFN3O3S/c1-20-8-10-25-11-9-21-16-4-2-3-5-17(16)22(26(21,23)24)15-7-6-13(19)12-14(15)18/h2-7,12,20,23-24H,8-11H2,1H3. The minimum Gasteiger partial charge on any atom is -0.378 e. The number of hydrogen-bond donors (Lipinski definition) is 3. The molecule has 2 aromatic carbocycles. The fourth-order valence-corrected chi connectivity index (χ4v) is 4.86. The van der Waals surface area contributed by atoms with Gasteiger partial charge in [-0.2, -0.15) is 0 Å². The monoisotopic (exact) mass is 401 g/mol. The van der Waals surface area contributed by atoms with Crippen LogP contribution in [0.1, 0.15) is 0 Å². The van der Waals surface area contributed by atoms with Gasteiger partial charge in [0.2, 0.25) is 0 Å². The molecule has 6 nitrogen and oxygen atoms in total. The first-order valence-electron chi connectivity index (χ1n) is 8.09. The lowest BCUT2D eigenvalue weighted by atomic mass is 10.2. The maximum Gasteiger partial charge on any atom is 0.124 e. The predicted octanol–water partition coefficient (Wildman–Crippen LogP) is 4.25. The molecule has 1 aliphatic heterocycles. The number of nitrogens with zero attached hydrogens (tertiary/aromatic N) is 2. The second-order valence-corrected chi connectivity index (χ2v) is 7.88. The number of ether oxygens (including phenoxy) is 1. The molecule has 0 saturated heterocycles. The number of benzene rings is 2. The minimum absolute atomic E-state index is 0.104. The van der Waals surface area contributed by atoms with Gasteiger partial charge < -0.3 is 10.1 Å². The first-order chi connectivity index (χ1) is 12.5. The lowest BCUT2D eigenvalue weighted by Gasteiger charge is -2.44. The van der Waals surface area contributed by atoms with Crippen LogP contribution in [0.15, 0.2) is 42.5 Å². The van der Waals surface area contributed by atoms with E-state index in [1.165, 1.54) is 20.7 Å². The third-order valence-electron chi connectivity index (χ3n) is 3.97. The van der Waals surface area contributed by atoms with E-state index in [1.807, 2.05) is 13.1 Å². The Balaban J connectivity index is 1.91. The van der Waals surface area contributed by atoms with Crippen LogP contribution in [-0.4, -0.2) is 42.5 Å². The average Bonchev–Trinajstić information content (AvgIpc) is 2.82. The van der Waals surface area contributed by atoms with E-state index in [9.17, 15) is 13.5 Å². The summed E-state index contributed by atoms with van der Waals surface area (Å²) in [5, 5.41) is 3.09. The summed E-state index contributed by atoms with van der Waals surface area (Å²) in [7, 11) is -1.57. The summed E-state index contributed by atoms with van der Waals surface area (Å²) in [5.41, 5.74) is 1.58. The average molecular weight is 402 g/mol. The maximum absolute atomic E-state index is 13.4. The molecule has 3 N–H and O–H groups in total. The Kier molecular flexibility index (Phi) is 5.91. The van der Waals surface area contributed by atoms with Crippen LogP contribution in [-0.2, 0) is 4.74 Å². The van der Waals surface area contributed by atoms with Crippen LogP contribution >= 0.6 is 22.6 Å². The van der Waals surface area contributed by atoms with Crippen LogP contribution in [0.2, 0.25) is 5.02 Å². The highest BCUT2D eigenvalue weighted by molar-refractivity contribution is 8.27. The number of anilines is 3. The van der Waals surface area contributed by atoms with Gasteiger partial charge >= 0.3 is 0 Å². The van der Waals surface area contributed by atoms with Crippen molar-refractivity contribution in [3.8, 4) is 0 Å². The smallest absolute Gasteiger partial charge is 0.124 e. The Hall–Kier alpha value is -1.55. The molecule has 1 aliphatic rings. The number of likely N-dealkylation sites (N-methyl/N-ethyl adjacent to an activating group) is 1. The molecule has 2 aromatic rings. The Morgan fingerprint density at radius 3 is 2.54 bits per heavy atom. The van der Waals surface area contributed by atoms with E-state index >= 15 is 0 Å². The summed E-state index contributed by atoms with van der Waals surface area (Å²) in [4.78, 5) is 0. The van der Waals surface area contributed by atoms with Gasteiger partial charge in [-0.3, -0.25) is 9.11 Å². The highest BCUT2D eigenvalue weighted by Crippen LogP contribution is 2.64. The molecule has 0 radical (unpaired) electrons. The van der Waals surface area contributed by atoms with E-state index in [-0.39, 0.29) is 5.02 Å². The van der Waals surface area contributed by atoms with Crippen LogP contribution in [0.5, 0.6) is 0 Å². The summed E-state index contributed by atoms with van der Waals surface area (Å²) in [6.45, 7) is 1.86. The normalized spacial score (nSPS) is 16.7. The van der Waals surface area contributed by atoms with Crippen molar-refractivity contribution in [3.05, 3.63) is 53.3 Å². The summed E-state index contributed by atoms with van der Waals surface area (Å²) in [5.74, 6) is -0.488. The Morgan fingerprint density at radius 2 is 1.85 bits per heavy atom. The first kappa shape index (κ1) is 19.2. The molecule has 0 amide bonds. The zero-order chi connectivity index (χ0) is 18.7. The van der Waals surface area contributed by atoms with E-state index < -0.39 is 16.8 Å². The van der Waals surface area contributed by atoms with Gasteiger partial charge in [0, 0.05) is 6.54 Å². The fourth-order valence-electron chi connectivity index (χ4n) is 2.78. The molecule has 0 atom stereocenters. The summed E-state index contributed by atoms with van der Waals surface area (Å²) in [6.07, 6.45) is 0. The maximum atomic E-state index is 13.4. The summed E-state index contributed by atoms with van der Waals surface area (Å²) >= 11 is 6.17. The molecule has 0 unspecified atom stereocenters. The highest BCUT2D eigenvalue weighted by Gasteiger charge is 2.42. The summed E-state index contributed by atoms with van der Waals surface area (Å²) in [6, 6.07) is 11.0. The van der Waals surface area contributed by atoms with Crippen molar-refractivity contribution >= 4 is 39.6 Å². The Bertz CT molecular complexity index is 781. The Labute approximate surface area is 158 Å². The van der Waals surface area contributed by atoms with Gasteiger partial charge in [0.15, 0.2) is 0 Å². The summed E-state index contributed by atoms with van der Waals surface area (Å²) < 4.78 is 43.7.